The molecule has 0 aliphatic heterocycles. The SMILES string of the molecule is CCC(C)(C)N(C(=O)C(CCC(N)=O)NC(=O)OC(C)(C)C)C(C(=O)Nc1ccc2ccccc2c1)c1ccc(C)cc1C. The maximum atomic E-state index is 14.6. The van der Waals surface area contributed by atoms with Gasteiger partial charge in [-0.25, -0.2) is 4.79 Å². The van der Waals surface area contributed by atoms with Crippen molar-refractivity contribution in [1.82, 2.24) is 10.2 Å². The zero-order chi connectivity index (χ0) is 32.8. The third-order valence-corrected chi connectivity index (χ3v) is 7.67. The predicted molar refractivity (Wildman–Crippen MR) is 174 cm³/mol. The number of carbonyl (C=O) groups is 4. The Kier molecular flexibility index (Phi) is 10.8. The summed E-state index contributed by atoms with van der Waals surface area (Å²) in [5.41, 5.74) is 6.87. The molecule has 0 aliphatic rings. The van der Waals surface area contributed by atoms with E-state index in [0.29, 0.717) is 17.7 Å². The summed E-state index contributed by atoms with van der Waals surface area (Å²) < 4.78 is 5.44. The molecular weight excluding hydrogens is 556 g/mol. The lowest BCUT2D eigenvalue weighted by Crippen LogP contribution is -2.59. The summed E-state index contributed by atoms with van der Waals surface area (Å²) in [4.78, 5) is 55.2. The van der Waals surface area contributed by atoms with E-state index in [4.69, 9.17) is 10.5 Å². The van der Waals surface area contributed by atoms with E-state index in [2.05, 4.69) is 10.6 Å². The highest BCUT2D eigenvalue weighted by Gasteiger charge is 2.43. The van der Waals surface area contributed by atoms with Gasteiger partial charge in [-0.15, -0.1) is 0 Å². The Morgan fingerprint density at radius 2 is 1.57 bits per heavy atom. The van der Waals surface area contributed by atoms with Crippen LogP contribution in [0.5, 0.6) is 0 Å². The van der Waals surface area contributed by atoms with E-state index in [9.17, 15) is 19.2 Å². The third kappa shape index (κ3) is 8.81. The van der Waals surface area contributed by atoms with Crippen LogP contribution in [0.3, 0.4) is 0 Å². The molecule has 4 amide bonds. The Morgan fingerprint density at radius 1 is 0.909 bits per heavy atom. The average Bonchev–Trinajstić information content (AvgIpc) is 2.92. The number of rotatable bonds is 11. The van der Waals surface area contributed by atoms with Crippen LogP contribution in [-0.4, -0.2) is 45.9 Å². The van der Waals surface area contributed by atoms with Crippen LogP contribution in [0.1, 0.15) is 83.5 Å². The zero-order valence-corrected chi connectivity index (χ0v) is 27.1. The molecule has 9 heteroatoms. The van der Waals surface area contributed by atoms with Crippen molar-refractivity contribution in [3.8, 4) is 0 Å². The van der Waals surface area contributed by atoms with Crippen molar-refractivity contribution in [2.45, 2.75) is 97.9 Å². The van der Waals surface area contributed by atoms with Gasteiger partial charge in [-0.1, -0.05) is 61.0 Å². The number of amides is 4. The van der Waals surface area contributed by atoms with E-state index < -0.39 is 47.0 Å². The molecule has 0 bridgehead atoms. The zero-order valence-electron chi connectivity index (χ0n) is 27.1. The molecule has 44 heavy (non-hydrogen) atoms. The molecule has 0 aliphatic carbocycles. The van der Waals surface area contributed by atoms with E-state index in [0.717, 1.165) is 21.9 Å². The highest BCUT2D eigenvalue weighted by atomic mass is 16.6. The first-order valence-corrected chi connectivity index (χ1v) is 15.0. The average molecular weight is 603 g/mol. The molecule has 3 rings (SSSR count). The lowest BCUT2D eigenvalue weighted by Gasteiger charge is -2.45. The van der Waals surface area contributed by atoms with Crippen molar-refractivity contribution < 1.29 is 23.9 Å². The minimum atomic E-state index is -1.18. The van der Waals surface area contributed by atoms with Crippen molar-refractivity contribution in [1.29, 1.82) is 0 Å². The van der Waals surface area contributed by atoms with Gasteiger partial charge in [0.05, 0.1) is 0 Å². The first-order chi connectivity index (χ1) is 20.5. The molecule has 236 valence electrons. The second kappa shape index (κ2) is 13.9. The van der Waals surface area contributed by atoms with Crippen LogP contribution in [0.2, 0.25) is 0 Å². The van der Waals surface area contributed by atoms with Gasteiger partial charge in [0, 0.05) is 17.6 Å². The molecule has 3 aromatic carbocycles. The lowest BCUT2D eigenvalue weighted by atomic mass is 9.89. The number of hydrogen-bond acceptors (Lipinski definition) is 5. The van der Waals surface area contributed by atoms with E-state index in [1.807, 2.05) is 95.3 Å². The van der Waals surface area contributed by atoms with Crippen molar-refractivity contribution in [3.05, 3.63) is 77.4 Å². The number of carbonyl (C=O) groups excluding carboxylic acids is 4. The third-order valence-electron chi connectivity index (χ3n) is 7.67. The summed E-state index contributed by atoms with van der Waals surface area (Å²) in [6.07, 6.45) is -0.517. The molecule has 3 aromatic rings. The molecule has 0 heterocycles. The van der Waals surface area contributed by atoms with Crippen molar-refractivity contribution in [2.24, 2.45) is 5.73 Å². The quantitative estimate of drug-likeness (QED) is 0.237. The van der Waals surface area contributed by atoms with E-state index in [1.54, 1.807) is 20.8 Å². The van der Waals surface area contributed by atoms with Gasteiger partial charge in [-0.05, 0) is 95.3 Å². The first-order valence-electron chi connectivity index (χ1n) is 15.0. The van der Waals surface area contributed by atoms with Gasteiger partial charge in [-0.3, -0.25) is 14.4 Å². The molecule has 0 saturated carbocycles. The normalized spacial score (nSPS) is 13.1. The number of fused-ring (bicyclic) bond motifs is 1. The summed E-state index contributed by atoms with van der Waals surface area (Å²) in [6, 6.07) is 17.0. The van der Waals surface area contributed by atoms with Gasteiger partial charge in [0.1, 0.15) is 17.7 Å². The first kappa shape index (κ1) is 34.1. The largest absolute Gasteiger partial charge is 0.444 e. The Balaban J connectivity index is 2.14. The second-order valence-corrected chi connectivity index (χ2v) is 12.9. The number of nitrogens with two attached hydrogens (primary N) is 1. The van der Waals surface area contributed by atoms with Crippen LogP contribution in [0, 0.1) is 13.8 Å². The Bertz CT molecular complexity index is 1530. The summed E-state index contributed by atoms with van der Waals surface area (Å²) >= 11 is 0. The number of aryl methyl sites for hydroxylation is 2. The van der Waals surface area contributed by atoms with Crippen molar-refractivity contribution >= 4 is 40.3 Å². The van der Waals surface area contributed by atoms with Gasteiger partial charge in [0.25, 0.3) is 5.91 Å². The Morgan fingerprint density at radius 3 is 2.16 bits per heavy atom. The maximum Gasteiger partial charge on any atom is 0.408 e. The highest BCUT2D eigenvalue weighted by molar-refractivity contribution is 6.01. The highest BCUT2D eigenvalue weighted by Crippen LogP contribution is 2.35. The van der Waals surface area contributed by atoms with Gasteiger partial charge < -0.3 is 26.0 Å². The molecule has 2 atom stereocenters. The molecule has 9 nitrogen and oxygen atoms in total. The maximum absolute atomic E-state index is 14.6. The molecule has 0 saturated heterocycles. The van der Waals surface area contributed by atoms with Crippen LogP contribution >= 0.6 is 0 Å². The monoisotopic (exact) mass is 602 g/mol. The molecule has 2 unspecified atom stereocenters. The van der Waals surface area contributed by atoms with Gasteiger partial charge in [-0.2, -0.15) is 0 Å². The van der Waals surface area contributed by atoms with Gasteiger partial charge in [0.15, 0.2) is 0 Å². The molecular formula is C35H46N4O5. The topological polar surface area (TPSA) is 131 Å². The molecule has 0 fully saturated rings. The molecule has 0 aromatic heterocycles. The summed E-state index contributed by atoms with van der Waals surface area (Å²) in [6.45, 7) is 14.7. The number of ether oxygens (including phenoxy) is 1. The molecule has 4 N–H and O–H groups in total. The molecule has 0 spiro atoms. The number of nitrogens with one attached hydrogen (secondary N) is 2. The minimum absolute atomic E-state index is 0.0599. The fourth-order valence-corrected chi connectivity index (χ4v) is 5.11. The van der Waals surface area contributed by atoms with Gasteiger partial charge in [0.2, 0.25) is 11.8 Å². The summed E-state index contributed by atoms with van der Waals surface area (Å²) in [5.74, 6) is -1.55. The van der Waals surface area contributed by atoms with Crippen LogP contribution in [0.4, 0.5) is 10.5 Å². The fraction of sp³-hybridized carbons (Fsp3) is 0.429. The Hall–Kier alpha value is -4.40. The summed E-state index contributed by atoms with van der Waals surface area (Å²) in [5, 5.41) is 7.69. The minimum Gasteiger partial charge on any atom is -0.444 e. The Labute approximate surface area is 260 Å². The van der Waals surface area contributed by atoms with Crippen molar-refractivity contribution in [3.63, 3.8) is 0 Å². The predicted octanol–water partition coefficient (Wildman–Crippen LogP) is 6.31. The van der Waals surface area contributed by atoms with Gasteiger partial charge >= 0.3 is 6.09 Å². The standard InChI is InChI=1S/C35H46N4O5/c1-9-35(7,8)39(32(42)28(18-19-29(36)40)38-33(43)44-34(4,5)6)30(27-17-14-22(2)20-23(27)3)31(41)37-26-16-15-24-12-10-11-13-25(24)21-26/h10-17,20-21,28,30H,9,18-19H2,1-8H3,(H2,36,40)(H,37,41)(H,38,43). The number of anilines is 1. The van der Waals surface area contributed by atoms with Crippen LogP contribution in [-0.2, 0) is 19.1 Å². The van der Waals surface area contributed by atoms with Crippen molar-refractivity contribution in [2.75, 3.05) is 5.32 Å². The number of alkyl carbamates (subject to hydrolysis) is 1. The smallest absolute Gasteiger partial charge is 0.408 e. The number of nitrogens with zero attached hydrogens (tertiary/aromatic N) is 1. The second-order valence-electron chi connectivity index (χ2n) is 12.9. The van der Waals surface area contributed by atoms with E-state index in [1.165, 1.54) is 4.90 Å². The number of hydrogen-bond donors (Lipinski definition) is 3. The molecule has 0 radical (unpaired) electrons. The summed E-state index contributed by atoms with van der Waals surface area (Å²) in [7, 11) is 0. The van der Waals surface area contributed by atoms with E-state index in [-0.39, 0.29) is 12.8 Å². The van der Waals surface area contributed by atoms with Crippen LogP contribution in [0.25, 0.3) is 10.8 Å². The van der Waals surface area contributed by atoms with Crippen LogP contribution < -0.4 is 16.4 Å². The number of primary amides is 1. The fourth-order valence-electron chi connectivity index (χ4n) is 5.11. The lowest BCUT2D eigenvalue weighted by molar-refractivity contribution is -0.148. The number of benzene rings is 3. The van der Waals surface area contributed by atoms with Crippen LogP contribution in [0.15, 0.2) is 60.7 Å². The van der Waals surface area contributed by atoms with E-state index >= 15 is 0 Å².